The van der Waals surface area contributed by atoms with Crippen LogP contribution in [0.15, 0.2) is 30.3 Å². The summed E-state index contributed by atoms with van der Waals surface area (Å²) in [6.45, 7) is 0.692. The summed E-state index contributed by atoms with van der Waals surface area (Å²) < 4.78 is 26.3. The Labute approximate surface area is 104 Å². The lowest BCUT2D eigenvalue weighted by atomic mass is 10.1. The van der Waals surface area contributed by atoms with E-state index >= 15 is 0 Å². The van der Waals surface area contributed by atoms with E-state index in [1.165, 1.54) is 0 Å². The predicted octanol–water partition coefficient (Wildman–Crippen LogP) is 2.55. The van der Waals surface area contributed by atoms with Gasteiger partial charge >= 0.3 is 0 Å². The van der Waals surface area contributed by atoms with Gasteiger partial charge in [-0.1, -0.05) is 18.2 Å². The normalized spacial score (nSPS) is 11.8. The first-order valence-corrected chi connectivity index (χ1v) is 5.70. The molecule has 3 N–H and O–H groups in total. The van der Waals surface area contributed by atoms with Gasteiger partial charge in [0, 0.05) is 16.8 Å². The van der Waals surface area contributed by atoms with Crippen LogP contribution in [0.5, 0.6) is 0 Å². The van der Waals surface area contributed by atoms with E-state index in [0.717, 1.165) is 16.6 Å². The standard InChI is InChI=1S/C13H15F2N3/c1-9-6-12(17-8-13(14,15)7-16)10-4-2-3-5-11(10)18-9/h2-6H,7-8,16H2,1H3,(H,17,18). The van der Waals surface area contributed by atoms with Crippen molar-refractivity contribution in [1.29, 1.82) is 0 Å². The molecule has 0 atom stereocenters. The number of anilines is 1. The number of aromatic nitrogens is 1. The van der Waals surface area contributed by atoms with Crippen molar-refractivity contribution in [1.82, 2.24) is 4.98 Å². The zero-order valence-corrected chi connectivity index (χ0v) is 10.1. The average Bonchev–Trinajstić information content (AvgIpc) is 2.36. The fourth-order valence-electron chi connectivity index (χ4n) is 1.75. The smallest absolute Gasteiger partial charge is 0.276 e. The Kier molecular flexibility index (Phi) is 3.43. The van der Waals surface area contributed by atoms with E-state index in [2.05, 4.69) is 10.3 Å². The molecule has 0 bridgehead atoms. The topological polar surface area (TPSA) is 50.9 Å². The second-order valence-electron chi connectivity index (χ2n) is 4.24. The molecule has 0 saturated heterocycles. The van der Waals surface area contributed by atoms with Gasteiger partial charge in [0.1, 0.15) is 0 Å². The molecule has 5 heteroatoms. The maximum atomic E-state index is 13.1. The van der Waals surface area contributed by atoms with Crippen molar-refractivity contribution in [3.8, 4) is 0 Å². The number of nitrogens with one attached hydrogen (secondary N) is 1. The zero-order valence-electron chi connectivity index (χ0n) is 10.1. The van der Waals surface area contributed by atoms with Gasteiger partial charge in [0.15, 0.2) is 0 Å². The van der Waals surface area contributed by atoms with Crippen LogP contribution >= 0.6 is 0 Å². The molecule has 3 nitrogen and oxygen atoms in total. The Hall–Kier alpha value is -1.75. The molecule has 0 aliphatic heterocycles. The first-order chi connectivity index (χ1) is 8.52. The predicted molar refractivity (Wildman–Crippen MR) is 69.0 cm³/mol. The minimum absolute atomic E-state index is 0.475. The summed E-state index contributed by atoms with van der Waals surface area (Å²) >= 11 is 0. The van der Waals surface area contributed by atoms with E-state index < -0.39 is 19.0 Å². The fourth-order valence-corrected chi connectivity index (χ4v) is 1.75. The molecule has 0 spiro atoms. The van der Waals surface area contributed by atoms with E-state index in [4.69, 9.17) is 5.73 Å². The monoisotopic (exact) mass is 251 g/mol. The third-order valence-corrected chi connectivity index (χ3v) is 2.68. The maximum absolute atomic E-state index is 13.1. The highest BCUT2D eigenvalue weighted by molar-refractivity contribution is 5.91. The molecule has 1 aromatic heterocycles. The van der Waals surface area contributed by atoms with Crippen LogP contribution in [0, 0.1) is 6.92 Å². The molecule has 96 valence electrons. The first-order valence-electron chi connectivity index (χ1n) is 5.70. The van der Waals surface area contributed by atoms with Crippen molar-refractivity contribution in [2.75, 3.05) is 18.4 Å². The highest BCUT2D eigenvalue weighted by Crippen LogP contribution is 2.24. The third kappa shape index (κ3) is 2.73. The summed E-state index contributed by atoms with van der Waals surface area (Å²) in [6, 6.07) is 9.19. The number of hydrogen-bond donors (Lipinski definition) is 2. The quantitative estimate of drug-likeness (QED) is 0.878. The van der Waals surface area contributed by atoms with E-state index in [1.807, 2.05) is 31.2 Å². The number of nitrogens with zero attached hydrogens (tertiary/aromatic N) is 1. The number of halogens is 2. The molecule has 1 aromatic carbocycles. The number of alkyl halides is 2. The number of hydrogen-bond acceptors (Lipinski definition) is 3. The molecule has 2 aromatic rings. The van der Waals surface area contributed by atoms with E-state index in [0.29, 0.717) is 5.69 Å². The van der Waals surface area contributed by atoms with Crippen LogP contribution < -0.4 is 11.1 Å². The zero-order chi connectivity index (χ0) is 13.2. The SMILES string of the molecule is Cc1cc(NCC(F)(F)CN)c2ccccc2n1. The average molecular weight is 251 g/mol. The molecular formula is C13H15F2N3. The Bertz CT molecular complexity index is 555. The van der Waals surface area contributed by atoms with Crippen LogP contribution in [0.1, 0.15) is 5.69 Å². The van der Waals surface area contributed by atoms with Gasteiger partial charge in [-0.15, -0.1) is 0 Å². The van der Waals surface area contributed by atoms with Gasteiger partial charge in [0.05, 0.1) is 18.6 Å². The number of fused-ring (bicyclic) bond motifs is 1. The second-order valence-corrected chi connectivity index (χ2v) is 4.24. The summed E-state index contributed by atoms with van der Waals surface area (Å²) in [6.07, 6.45) is 0. The van der Waals surface area contributed by atoms with Crippen molar-refractivity contribution in [2.24, 2.45) is 5.73 Å². The summed E-state index contributed by atoms with van der Waals surface area (Å²) in [4.78, 5) is 4.35. The molecular weight excluding hydrogens is 236 g/mol. The number of aryl methyl sites for hydroxylation is 1. The molecule has 1 heterocycles. The highest BCUT2D eigenvalue weighted by Gasteiger charge is 2.26. The Morgan fingerprint density at radius 2 is 2.06 bits per heavy atom. The molecule has 0 aliphatic rings. The number of nitrogens with two attached hydrogens (primary N) is 1. The lowest BCUT2D eigenvalue weighted by molar-refractivity contribution is 0.0254. The largest absolute Gasteiger partial charge is 0.378 e. The molecule has 0 radical (unpaired) electrons. The van der Waals surface area contributed by atoms with Crippen molar-refractivity contribution >= 4 is 16.6 Å². The van der Waals surface area contributed by atoms with Gasteiger partial charge in [-0.2, -0.15) is 0 Å². The van der Waals surface area contributed by atoms with Gasteiger partial charge in [-0.25, -0.2) is 8.78 Å². The molecule has 0 fully saturated rings. The van der Waals surface area contributed by atoms with Crippen LogP contribution in [-0.2, 0) is 0 Å². The van der Waals surface area contributed by atoms with Gasteiger partial charge in [-0.3, -0.25) is 4.98 Å². The van der Waals surface area contributed by atoms with E-state index in [9.17, 15) is 8.78 Å². The maximum Gasteiger partial charge on any atom is 0.276 e. The Balaban J connectivity index is 2.33. The van der Waals surface area contributed by atoms with Crippen LogP contribution in [0.3, 0.4) is 0 Å². The lowest BCUT2D eigenvalue weighted by Crippen LogP contribution is -2.35. The first kappa shape index (κ1) is 12.7. The van der Waals surface area contributed by atoms with Gasteiger partial charge in [0.25, 0.3) is 5.92 Å². The van der Waals surface area contributed by atoms with E-state index in [-0.39, 0.29) is 0 Å². The summed E-state index contributed by atoms with van der Waals surface area (Å²) in [5.74, 6) is -2.90. The molecule has 0 unspecified atom stereocenters. The number of rotatable bonds is 4. The van der Waals surface area contributed by atoms with Gasteiger partial charge in [0.2, 0.25) is 0 Å². The Morgan fingerprint density at radius 1 is 1.33 bits per heavy atom. The minimum atomic E-state index is -2.90. The molecule has 18 heavy (non-hydrogen) atoms. The summed E-state index contributed by atoms with van der Waals surface area (Å²) in [5, 5.41) is 3.58. The summed E-state index contributed by atoms with van der Waals surface area (Å²) in [5.41, 5.74) is 7.24. The van der Waals surface area contributed by atoms with Crippen LogP contribution in [0.25, 0.3) is 10.9 Å². The van der Waals surface area contributed by atoms with Crippen molar-refractivity contribution in [3.63, 3.8) is 0 Å². The molecule has 0 aliphatic carbocycles. The number of pyridine rings is 1. The van der Waals surface area contributed by atoms with E-state index in [1.54, 1.807) is 6.07 Å². The highest BCUT2D eigenvalue weighted by atomic mass is 19.3. The van der Waals surface area contributed by atoms with Crippen molar-refractivity contribution < 1.29 is 8.78 Å². The Morgan fingerprint density at radius 3 is 2.78 bits per heavy atom. The fraction of sp³-hybridized carbons (Fsp3) is 0.308. The van der Waals surface area contributed by atoms with Gasteiger partial charge in [-0.05, 0) is 19.1 Å². The lowest BCUT2D eigenvalue weighted by Gasteiger charge is -2.17. The molecule has 2 rings (SSSR count). The molecule has 0 amide bonds. The van der Waals surface area contributed by atoms with Crippen molar-refractivity contribution in [2.45, 2.75) is 12.8 Å². The van der Waals surface area contributed by atoms with Crippen LogP contribution in [-0.4, -0.2) is 24.0 Å². The number of benzene rings is 1. The third-order valence-electron chi connectivity index (χ3n) is 2.68. The van der Waals surface area contributed by atoms with Gasteiger partial charge < -0.3 is 11.1 Å². The van der Waals surface area contributed by atoms with Crippen LogP contribution in [0.2, 0.25) is 0 Å². The second kappa shape index (κ2) is 4.86. The number of para-hydroxylation sites is 1. The van der Waals surface area contributed by atoms with Crippen molar-refractivity contribution in [3.05, 3.63) is 36.0 Å². The summed E-state index contributed by atoms with van der Waals surface area (Å²) in [7, 11) is 0. The van der Waals surface area contributed by atoms with Crippen LogP contribution in [0.4, 0.5) is 14.5 Å². The molecule has 0 saturated carbocycles. The minimum Gasteiger partial charge on any atom is -0.378 e.